The molecule has 0 fully saturated rings. The summed E-state index contributed by atoms with van der Waals surface area (Å²) < 4.78 is 13.2. The normalized spacial score (nSPS) is 13.2. The lowest BCUT2D eigenvalue weighted by Gasteiger charge is -2.29. The molecule has 0 unspecified atom stereocenters. The average molecular weight is 213 g/mol. The first kappa shape index (κ1) is 9.40. The van der Waals surface area contributed by atoms with Crippen molar-refractivity contribution in [3.63, 3.8) is 0 Å². The Labute approximate surface area is 94.1 Å². The molecule has 1 aliphatic rings. The van der Waals surface area contributed by atoms with Crippen molar-refractivity contribution >= 4 is 11.4 Å². The molecule has 2 heteroatoms. The standard InChI is InChI=1S/C14H12FN/c1-16-13-5-3-2-4-10(13)8-11-9-12(15)6-7-14(11)16/h2-7,9H,8H2,1H3. The lowest BCUT2D eigenvalue weighted by atomic mass is 9.96. The molecule has 0 aromatic heterocycles. The Hall–Kier alpha value is -1.83. The lowest BCUT2D eigenvalue weighted by Crippen LogP contribution is -2.18. The molecule has 0 N–H and O–H groups in total. The van der Waals surface area contributed by atoms with Crippen LogP contribution in [0.15, 0.2) is 42.5 Å². The zero-order valence-electron chi connectivity index (χ0n) is 9.07. The van der Waals surface area contributed by atoms with Gasteiger partial charge in [-0.25, -0.2) is 4.39 Å². The molecule has 2 aromatic carbocycles. The highest BCUT2D eigenvalue weighted by Crippen LogP contribution is 2.37. The fourth-order valence-electron chi connectivity index (χ4n) is 2.35. The Bertz CT molecular complexity index is 548. The smallest absolute Gasteiger partial charge is 0.123 e. The summed E-state index contributed by atoms with van der Waals surface area (Å²) in [4.78, 5) is 2.12. The Kier molecular flexibility index (Phi) is 1.96. The molecule has 0 saturated carbocycles. The second-order valence-corrected chi connectivity index (χ2v) is 4.14. The topological polar surface area (TPSA) is 3.24 Å². The summed E-state index contributed by atoms with van der Waals surface area (Å²) in [6, 6.07) is 13.2. The minimum atomic E-state index is -0.161. The second kappa shape index (κ2) is 3.34. The Morgan fingerprint density at radius 2 is 1.75 bits per heavy atom. The highest BCUT2D eigenvalue weighted by molar-refractivity contribution is 5.73. The van der Waals surface area contributed by atoms with Crippen LogP contribution in [-0.2, 0) is 6.42 Å². The van der Waals surface area contributed by atoms with Crippen LogP contribution in [0.1, 0.15) is 11.1 Å². The molecule has 0 spiro atoms. The fourth-order valence-corrected chi connectivity index (χ4v) is 2.35. The van der Waals surface area contributed by atoms with E-state index in [-0.39, 0.29) is 5.82 Å². The molecule has 80 valence electrons. The van der Waals surface area contributed by atoms with Crippen LogP contribution in [0.2, 0.25) is 0 Å². The van der Waals surface area contributed by atoms with Crippen LogP contribution in [0.5, 0.6) is 0 Å². The molecule has 0 radical (unpaired) electrons. The zero-order chi connectivity index (χ0) is 11.1. The molecule has 1 heterocycles. The van der Waals surface area contributed by atoms with E-state index in [0.29, 0.717) is 0 Å². The van der Waals surface area contributed by atoms with Crippen molar-refractivity contribution in [2.24, 2.45) is 0 Å². The van der Waals surface area contributed by atoms with E-state index >= 15 is 0 Å². The quantitative estimate of drug-likeness (QED) is 0.647. The van der Waals surface area contributed by atoms with E-state index in [1.54, 1.807) is 6.07 Å². The first-order valence-electron chi connectivity index (χ1n) is 5.36. The Morgan fingerprint density at radius 1 is 1.00 bits per heavy atom. The van der Waals surface area contributed by atoms with E-state index in [1.807, 2.05) is 25.2 Å². The molecular formula is C14H12FN. The Balaban J connectivity index is 2.18. The lowest BCUT2D eigenvalue weighted by molar-refractivity contribution is 0.625. The minimum Gasteiger partial charge on any atom is -0.344 e. The third kappa shape index (κ3) is 1.30. The van der Waals surface area contributed by atoms with E-state index < -0.39 is 0 Å². The summed E-state index contributed by atoms with van der Waals surface area (Å²) in [6.45, 7) is 0. The van der Waals surface area contributed by atoms with Gasteiger partial charge in [-0.3, -0.25) is 0 Å². The number of hydrogen-bond donors (Lipinski definition) is 0. The molecule has 0 atom stereocenters. The number of hydrogen-bond acceptors (Lipinski definition) is 1. The van der Waals surface area contributed by atoms with Gasteiger partial charge < -0.3 is 4.90 Å². The van der Waals surface area contributed by atoms with Gasteiger partial charge in [0, 0.05) is 24.8 Å². The van der Waals surface area contributed by atoms with Gasteiger partial charge in [0.05, 0.1) is 0 Å². The zero-order valence-corrected chi connectivity index (χ0v) is 9.07. The highest BCUT2D eigenvalue weighted by atomic mass is 19.1. The highest BCUT2D eigenvalue weighted by Gasteiger charge is 2.19. The molecule has 1 nitrogen and oxygen atoms in total. The molecule has 0 aliphatic carbocycles. The third-order valence-electron chi connectivity index (χ3n) is 3.14. The second-order valence-electron chi connectivity index (χ2n) is 4.14. The molecular weight excluding hydrogens is 201 g/mol. The summed E-state index contributed by atoms with van der Waals surface area (Å²) in [7, 11) is 2.02. The van der Waals surface area contributed by atoms with Crippen molar-refractivity contribution in [1.29, 1.82) is 0 Å². The number of anilines is 2. The number of halogens is 1. The largest absolute Gasteiger partial charge is 0.344 e. The molecule has 16 heavy (non-hydrogen) atoms. The summed E-state index contributed by atoms with van der Waals surface area (Å²) in [5.74, 6) is -0.161. The van der Waals surface area contributed by atoms with Crippen molar-refractivity contribution in [1.82, 2.24) is 0 Å². The van der Waals surface area contributed by atoms with E-state index in [9.17, 15) is 4.39 Å². The maximum Gasteiger partial charge on any atom is 0.123 e. The van der Waals surface area contributed by atoms with Crippen molar-refractivity contribution in [3.05, 3.63) is 59.4 Å². The van der Waals surface area contributed by atoms with Crippen LogP contribution in [0, 0.1) is 5.82 Å². The van der Waals surface area contributed by atoms with Gasteiger partial charge in [-0.05, 0) is 35.4 Å². The predicted molar refractivity (Wildman–Crippen MR) is 63.7 cm³/mol. The summed E-state index contributed by atoms with van der Waals surface area (Å²) >= 11 is 0. The van der Waals surface area contributed by atoms with Crippen LogP contribution in [0.3, 0.4) is 0 Å². The maximum atomic E-state index is 13.2. The van der Waals surface area contributed by atoms with Crippen molar-refractivity contribution < 1.29 is 4.39 Å². The van der Waals surface area contributed by atoms with Gasteiger partial charge >= 0.3 is 0 Å². The van der Waals surface area contributed by atoms with Gasteiger partial charge in [0.25, 0.3) is 0 Å². The number of nitrogens with zero attached hydrogens (tertiary/aromatic N) is 1. The van der Waals surface area contributed by atoms with Gasteiger partial charge in [0.2, 0.25) is 0 Å². The maximum absolute atomic E-state index is 13.2. The molecule has 0 saturated heterocycles. The Morgan fingerprint density at radius 3 is 2.62 bits per heavy atom. The number of fused-ring (bicyclic) bond motifs is 2. The SMILES string of the molecule is CN1c2ccccc2Cc2cc(F)ccc21. The monoisotopic (exact) mass is 213 g/mol. The van der Waals surface area contributed by atoms with Crippen LogP contribution < -0.4 is 4.90 Å². The van der Waals surface area contributed by atoms with Crippen LogP contribution in [-0.4, -0.2) is 7.05 Å². The predicted octanol–water partition coefficient (Wildman–Crippen LogP) is 3.50. The van der Waals surface area contributed by atoms with Gasteiger partial charge in [0.15, 0.2) is 0 Å². The first-order valence-corrected chi connectivity index (χ1v) is 5.36. The van der Waals surface area contributed by atoms with Gasteiger partial charge in [-0.2, -0.15) is 0 Å². The summed E-state index contributed by atoms with van der Waals surface area (Å²) in [5, 5.41) is 0. The van der Waals surface area contributed by atoms with Crippen LogP contribution >= 0.6 is 0 Å². The van der Waals surface area contributed by atoms with Crippen LogP contribution in [0.25, 0.3) is 0 Å². The molecule has 3 rings (SSSR count). The number of rotatable bonds is 0. The van der Waals surface area contributed by atoms with Gasteiger partial charge in [0.1, 0.15) is 5.82 Å². The molecule has 2 aromatic rings. The summed E-state index contributed by atoms with van der Waals surface area (Å²) in [6.07, 6.45) is 0.813. The van der Waals surface area contributed by atoms with Crippen molar-refractivity contribution in [3.8, 4) is 0 Å². The van der Waals surface area contributed by atoms with Gasteiger partial charge in [-0.1, -0.05) is 18.2 Å². The van der Waals surface area contributed by atoms with E-state index in [4.69, 9.17) is 0 Å². The van der Waals surface area contributed by atoms with Gasteiger partial charge in [-0.15, -0.1) is 0 Å². The minimum absolute atomic E-state index is 0.161. The number of benzene rings is 2. The van der Waals surface area contributed by atoms with E-state index in [1.165, 1.54) is 17.3 Å². The average Bonchev–Trinajstić information content (AvgIpc) is 2.29. The molecule has 0 amide bonds. The van der Waals surface area contributed by atoms with Crippen LogP contribution in [0.4, 0.5) is 15.8 Å². The first-order chi connectivity index (χ1) is 7.75. The van der Waals surface area contributed by atoms with Crippen molar-refractivity contribution in [2.75, 3.05) is 11.9 Å². The number of para-hydroxylation sites is 1. The molecule has 0 bridgehead atoms. The fraction of sp³-hybridized carbons (Fsp3) is 0.143. The third-order valence-corrected chi connectivity index (χ3v) is 3.14. The van der Waals surface area contributed by atoms with E-state index in [2.05, 4.69) is 17.0 Å². The van der Waals surface area contributed by atoms with Crippen molar-refractivity contribution in [2.45, 2.75) is 6.42 Å². The summed E-state index contributed by atoms with van der Waals surface area (Å²) in [5.41, 5.74) is 4.62. The molecule has 1 aliphatic heterocycles. The van der Waals surface area contributed by atoms with E-state index in [0.717, 1.165) is 17.7 Å².